The molecule has 0 saturated carbocycles. The van der Waals surface area contributed by atoms with Crippen molar-refractivity contribution in [3.05, 3.63) is 89.0 Å². The second-order valence-corrected chi connectivity index (χ2v) is 6.82. The van der Waals surface area contributed by atoms with Gasteiger partial charge in [-0.2, -0.15) is 0 Å². The highest BCUT2D eigenvalue weighted by Gasteiger charge is 2.29. The number of benzene rings is 3. The smallest absolute Gasteiger partial charge is 0.346 e. The SMILES string of the molecule is CC=C1OC(=O)c2ccc(-c3ccc(-c4ccc5c(c4)C(=O)OC5=O)cc3)cc21. The monoisotopic (exact) mass is 382 g/mol. The summed E-state index contributed by atoms with van der Waals surface area (Å²) < 4.78 is 9.91. The molecule has 5 rings (SSSR count). The first-order valence-electron chi connectivity index (χ1n) is 9.09. The number of fused-ring (bicyclic) bond motifs is 2. The molecule has 0 fully saturated rings. The number of esters is 3. The lowest BCUT2D eigenvalue weighted by Crippen LogP contribution is -1.96. The van der Waals surface area contributed by atoms with Crippen molar-refractivity contribution in [2.75, 3.05) is 0 Å². The lowest BCUT2D eigenvalue weighted by molar-refractivity contribution is 0.0443. The van der Waals surface area contributed by atoms with E-state index in [-0.39, 0.29) is 5.97 Å². The van der Waals surface area contributed by atoms with Gasteiger partial charge in [0.25, 0.3) is 0 Å². The number of hydrogen-bond acceptors (Lipinski definition) is 5. The van der Waals surface area contributed by atoms with Crippen molar-refractivity contribution in [2.45, 2.75) is 6.92 Å². The quantitative estimate of drug-likeness (QED) is 0.467. The Morgan fingerprint density at radius 1 is 0.552 bits per heavy atom. The summed E-state index contributed by atoms with van der Waals surface area (Å²) in [4.78, 5) is 35.3. The van der Waals surface area contributed by atoms with Crippen LogP contribution in [0.2, 0.25) is 0 Å². The van der Waals surface area contributed by atoms with Gasteiger partial charge in [0.05, 0.1) is 16.7 Å². The summed E-state index contributed by atoms with van der Waals surface area (Å²) in [6.45, 7) is 1.83. The summed E-state index contributed by atoms with van der Waals surface area (Å²) in [6, 6.07) is 18.5. The van der Waals surface area contributed by atoms with Gasteiger partial charge in [-0.3, -0.25) is 0 Å². The van der Waals surface area contributed by atoms with Crippen LogP contribution in [0.1, 0.15) is 43.6 Å². The fourth-order valence-corrected chi connectivity index (χ4v) is 3.65. The highest BCUT2D eigenvalue weighted by atomic mass is 16.6. The van der Waals surface area contributed by atoms with Gasteiger partial charge >= 0.3 is 17.9 Å². The Labute approximate surface area is 166 Å². The molecule has 0 amide bonds. The van der Waals surface area contributed by atoms with Crippen LogP contribution in [0.25, 0.3) is 28.0 Å². The molecule has 5 nitrogen and oxygen atoms in total. The summed E-state index contributed by atoms with van der Waals surface area (Å²) in [5, 5.41) is 0. The Morgan fingerprint density at radius 2 is 1.00 bits per heavy atom. The summed E-state index contributed by atoms with van der Waals surface area (Å²) in [5.74, 6) is -0.976. The Kier molecular flexibility index (Phi) is 3.71. The Balaban J connectivity index is 1.49. The third-order valence-corrected chi connectivity index (χ3v) is 5.17. The zero-order chi connectivity index (χ0) is 20.1. The van der Waals surface area contributed by atoms with Crippen LogP contribution in [0.4, 0.5) is 0 Å². The maximum Gasteiger partial charge on any atom is 0.346 e. The minimum absolute atomic E-state index is 0.291. The Bertz CT molecular complexity index is 1250. The molecule has 3 aromatic rings. The lowest BCUT2D eigenvalue weighted by atomic mass is 9.96. The second-order valence-electron chi connectivity index (χ2n) is 6.82. The molecule has 0 saturated heterocycles. The molecule has 0 spiro atoms. The molecule has 2 heterocycles. The maximum absolute atomic E-state index is 11.9. The molecule has 0 N–H and O–H groups in total. The Morgan fingerprint density at radius 3 is 1.59 bits per heavy atom. The third kappa shape index (κ3) is 2.67. The van der Waals surface area contributed by atoms with Gasteiger partial charge in [0.15, 0.2) is 0 Å². The van der Waals surface area contributed by atoms with Crippen LogP contribution >= 0.6 is 0 Å². The van der Waals surface area contributed by atoms with Crippen molar-refractivity contribution >= 4 is 23.7 Å². The summed E-state index contributed by atoms with van der Waals surface area (Å²) in [6.07, 6.45) is 1.78. The molecule has 0 aliphatic carbocycles. The molecular formula is C24H14O5. The number of carbonyl (C=O) groups is 3. The first-order chi connectivity index (χ1) is 14.0. The zero-order valence-corrected chi connectivity index (χ0v) is 15.4. The number of allylic oxidation sites excluding steroid dienone is 1. The lowest BCUT2D eigenvalue weighted by Gasteiger charge is -2.07. The fourth-order valence-electron chi connectivity index (χ4n) is 3.65. The first kappa shape index (κ1) is 17.1. The van der Waals surface area contributed by atoms with Crippen LogP contribution in [0.5, 0.6) is 0 Å². The minimum Gasteiger partial charge on any atom is -0.423 e. The standard InChI is InChI=1S/C24H14O5/c1-2-21-19-11-15(7-9-17(19)22(25)28-21)13-3-5-14(6-4-13)16-8-10-18-20(12-16)24(27)29-23(18)26/h2-12H,1H3. The molecule has 5 heteroatoms. The molecule has 2 aliphatic heterocycles. The van der Waals surface area contributed by atoms with Crippen LogP contribution in [0.3, 0.4) is 0 Å². The van der Waals surface area contributed by atoms with E-state index < -0.39 is 11.9 Å². The predicted octanol–water partition coefficient (Wildman–Crippen LogP) is 4.86. The van der Waals surface area contributed by atoms with E-state index in [0.717, 1.165) is 27.8 Å². The summed E-state index contributed by atoms with van der Waals surface area (Å²) in [7, 11) is 0. The molecule has 0 unspecified atom stereocenters. The van der Waals surface area contributed by atoms with Crippen molar-refractivity contribution in [3.8, 4) is 22.3 Å². The molecule has 0 radical (unpaired) electrons. The zero-order valence-electron chi connectivity index (χ0n) is 15.4. The van der Waals surface area contributed by atoms with Gasteiger partial charge in [0.2, 0.25) is 0 Å². The van der Waals surface area contributed by atoms with Gasteiger partial charge in [0.1, 0.15) is 5.76 Å². The van der Waals surface area contributed by atoms with E-state index >= 15 is 0 Å². The predicted molar refractivity (Wildman–Crippen MR) is 106 cm³/mol. The van der Waals surface area contributed by atoms with Gasteiger partial charge in [-0.1, -0.05) is 36.4 Å². The highest BCUT2D eigenvalue weighted by molar-refractivity contribution is 6.15. The van der Waals surface area contributed by atoms with Crippen molar-refractivity contribution in [2.24, 2.45) is 0 Å². The Hall–Kier alpha value is -3.99. The first-order valence-corrected chi connectivity index (χ1v) is 9.09. The second kappa shape index (κ2) is 6.27. The summed E-state index contributed by atoms with van der Waals surface area (Å²) >= 11 is 0. The van der Waals surface area contributed by atoms with Crippen LogP contribution in [-0.2, 0) is 9.47 Å². The maximum atomic E-state index is 11.9. The fraction of sp³-hybridized carbons (Fsp3) is 0.0417. The summed E-state index contributed by atoms with van der Waals surface area (Å²) in [5.41, 5.74) is 5.64. The van der Waals surface area contributed by atoms with Crippen molar-refractivity contribution < 1.29 is 23.9 Å². The number of rotatable bonds is 2. The molecule has 0 atom stereocenters. The van der Waals surface area contributed by atoms with Crippen molar-refractivity contribution in [1.82, 2.24) is 0 Å². The van der Waals surface area contributed by atoms with Crippen molar-refractivity contribution in [1.29, 1.82) is 0 Å². The van der Waals surface area contributed by atoms with E-state index in [2.05, 4.69) is 4.74 Å². The van der Waals surface area contributed by atoms with E-state index in [0.29, 0.717) is 22.4 Å². The number of cyclic esters (lactones) is 3. The van der Waals surface area contributed by atoms with Crippen LogP contribution in [-0.4, -0.2) is 17.9 Å². The molecule has 29 heavy (non-hydrogen) atoms. The molecule has 0 bridgehead atoms. The highest BCUT2D eigenvalue weighted by Crippen LogP contribution is 2.34. The molecule has 2 aliphatic rings. The van der Waals surface area contributed by atoms with Crippen molar-refractivity contribution in [3.63, 3.8) is 0 Å². The van der Waals surface area contributed by atoms with Gasteiger partial charge in [0, 0.05) is 5.56 Å². The number of carbonyl (C=O) groups excluding carboxylic acids is 3. The van der Waals surface area contributed by atoms with E-state index in [1.807, 2.05) is 43.3 Å². The van der Waals surface area contributed by atoms with Crippen LogP contribution in [0.15, 0.2) is 66.7 Å². The van der Waals surface area contributed by atoms with Gasteiger partial charge in [-0.15, -0.1) is 0 Å². The molecule has 0 aromatic heterocycles. The van der Waals surface area contributed by atoms with Crippen LogP contribution in [0, 0.1) is 0 Å². The number of ether oxygens (including phenoxy) is 2. The average molecular weight is 382 g/mol. The molecule has 3 aromatic carbocycles. The van der Waals surface area contributed by atoms with Gasteiger partial charge in [-0.05, 0) is 59.5 Å². The topological polar surface area (TPSA) is 69.7 Å². The van der Waals surface area contributed by atoms with E-state index in [1.54, 1.807) is 30.3 Å². The van der Waals surface area contributed by atoms with E-state index in [4.69, 9.17) is 4.74 Å². The normalized spacial score (nSPS) is 15.9. The van der Waals surface area contributed by atoms with Gasteiger partial charge < -0.3 is 9.47 Å². The molecule has 140 valence electrons. The molecular weight excluding hydrogens is 368 g/mol. The average Bonchev–Trinajstić information content (AvgIpc) is 3.23. The third-order valence-electron chi connectivity index (χ3n) is 5.17. The minimum atomic E-state index is -0.613. The van der Waals surface area contributed by atoms with Crippen LogP contribution < -0.4 is 0 Å². The van der Waals surface area contributed by atoms with E-state index in [9.17, 15) is 14.4 Å². The van der Waals surface area contributed by atoms with Gasteiger partial charge in [-0.25, -0.2) is 14.4 Å². The van der Waals surface area contributed by atoms with E-state index in [1.165, 1.54) is 0 Å². The largest absolute Gasteiger partial charge is 0.423 e. The number of hydrogen-bond donors (Lipinski definition) is 0.